The molecule has 114 valence electrons. The summed E-state index contributed by atoms with van der Waals surface area (Å²) in [5, 5.41) is 6.38. The number of hydrogen-bond acceptors (Lipinski definition) is 4. The first-order valence-corrected chi connectivity index (χ1v) is 7.12. The third-order valence-electron chi connectivity index (χ3n) is 4.16. The van der Waals surface area contributed by atoms with Crippen LogP contribution < -0.4 is 5.32 Å². The standard InChI is InChI=1S/C14H20N4O3/c1-4-14(5-2)11(19)16-13(21)18(12(14)20)10(3)9-17-8-6-7-15-17/h6-8,10H,4-5,9H2,1-3H3,(H,16,19,21). The third kappa shape index (κ3) is 2.43. The van der Waals surface area contributed by atoms with Gasteiger partial charge in [-0.2, -0.15) is 5.10 Å². The summed E-state index contributed by atoms with van der Waals surface area (Å²) in [5.41, 5.74) is -1.15. The lowest BCUT2D eigenvalue weighted by Gasteiger charge is -2.40. The lowest BCUT2D eigenvalue weighted by molar-refractivity contribution is -0.153. The van der Waals surface area contributed by atoms with Gasteiger partial charge in [-0.1, -0.05) is 13.8 Å². The molecule has 1 N–H and O–H groups in total. The summed E-state index contributed by atoms with van der Waals surface area (Å²) in [6, 6.07) is 0.738. The summed E-state index contributed by atoms with van der Waals surface area (Å²) >= 11 is 0. The van der Waals surface area contributed by atoms with Crippen molar-refractivity contribution in [3.05, 3.63) is 18.5 Å². The molecule has 1 aromatic heterocycles. The van der Waals surface area contributed by atoms with E-state index in [-0.39, 0.29) is 6.04 Å². The van der Waals surface area contributed by atoms with Crippen molar-refractivity contribution in [1.82, 2.24) is 20.0 Å². The van der Waals surface area contributed by atoms with E-state index in [1.807, 2.05) is 0 Å². The molecule has 2 heterocycles. The number of hydrogen-bond donors (Lipinski definition) is 1. The summed E-state index contributed by atoms with van der Waals surface area (Å²) in [4.78, 5) is 38.0. The van der Waals surface area contributed by atoms with Crippen LogP contribution in [0.1, 0.15) is 33.6 Å². The van der Waals surface area contributed by atoms with Gasteiger partial charge in [0.1, 0.15) is 5.41 Å². The SMILES string of the molecule is CCC1(CC)C(=O)NC(=O)N(C(C)Cn2cccn2)C1=O. The summed E-state index contributed by atoms with van der Waals surface area (Å²) in [5.74, 6) is -0.911. The van der Waals surface area contributed by atoms with Gasteiger partial charge in [-0.25, -0.2) is 4.79 Å². The Bertz CT molecular complexity index is 549. The van der Waals surface area contributed by atoms with Gasteiger partial charge in [0.15, 0.2) is 0 Å². The van der Waals surface area contributed by atoms with E-state index in [9.17, 15) is 14.4 Å². The van der Waals surface area contributed by atoms with Crippen molar-refractivity contribution in [3.63, 3.8) is 0 Å². The van der Waals surface area contributed by atoms with Crippen molar-refractivity contribution in [2.24, 2.45) is 5.41 Å². The van der Waals surface area contributed by atoms with Crippen molar-refractivity contribution in [2.45, 2.75) is 46.2 Å². The Morgan fingerprint density at radius 1 is 1.29 bits per heavy atom. The maximum Gasteiger partial charge on any atom is 0.331 e. The van der Waals surface area contributed by atoms with Crippen LogP contribution in [0.2, 0.25) is 0 Å². The molecule has 7 nitrogen and oxygen atoms in total. The number of carbonyl (C=O) groups excluding carboxylic acids is 3. The van der Waals surface area contributed by atoms with E-state index in [2.05, 4.69) is 10.4 Å². The van der Waals surface area contributed by atoms with Crippen LogP contribution in [-0.4, -0.2) is 38.6 Å². The van der Waals surface area contributed by atoms with Crippen LogP contribution in [0.5, 0.6) is 0 Å². The molecule has 2 rings (SSSR count). The first kappa shape index (κ1) is 15.2. The van der Waals surface area contributed by atoms with Crippen molar-refractivity contribution in [2.75, 3.05) is 0 Å². The molecule has 1 aromatic rings. The molecule has 0 aliphatic carbocycles. The molecule has 1 aliphatic heterocycles. The quantitative estimate of drug-likeness (QED) is 0.825. The number of amides is 4. The number of urea groups is 1. The van der Waals surface area contributed by atoms with E-state index in [4.69, 9.17) is 0 Å². The third-order valence-corrected chi connectivity index (χ3v) is 4.16. The summed E-state index contributed by atoms with van der Waals surface area (Å²) in [6.07, 6.45) is 4.14. The Morgan fingerprint density at radius 2 is 1.95 bits per heavy atom. The molecule has 1 unspecified atom stereocenters. The van der Waals surface area contributed by atoms with Crippen molar-refractivity contribution in [3.8, 4) is 0 Å². The lowest BCUT2D eigenvalue weighted by Crippen LogP contribution is -2.65. The molecule has 21 heavy (non-hydrogen) atoms. The van der Waals surface area contributed by atoms with Gasteiger partial charge in [0.2, 0.25) is 11.8 Å². The van der Waals surface area contributed by atoms with Crippen LogP contribution in [0.4, 0.5) is 4.79 Å². The largest absolute Gasteiger partial charge is 0.331 e. The van der Waals surface area contributed by atoms with Crippen molar-refractivity contribution >= 4 is 17.8 Å². The van der Waals surface area contributed by atoms with Gasteiger partial charge < -0.3 is 0 Å². The second-order valence-corrected chi connectivity index (χ2v) is 5.30. The van der Waals surface area contributed by atoms with Gasteiger partial charge in [-0.15, -0.1) is 0 Å². The van der Waals surface area contributed by atoms with Crippen LogP contribution in [0.25, 0.3) is 0 Å². The smallest absolute Gasteiger partial charge is 0.277 e. The molecule has 0 bridgehead atoms. The monoisotopic (exact) mass is 292 g/mol. The van der Waals surface area contributed by atoms with Crippen LogP contribution >= 0.6 is 0 Å². The highest BCUT2D eigenvalue weighted by Gasteiger charge is 2.52. The first-order valence-electron chi connectivity index (χ1n) is 7.12. The number of aromatic nitrogens is 2. The molecular weight excluding hydrogens is 272 g/mol. The van der Waals surface area contributed by atoms with E-state index in [1.165, 1.54) is 0 Å². The Balaban J connectivity index is 2.27. The van der Waals surface area contributed by atoms with Gasteiger partial charge in [0.05, 0.1) is 12.6 Å². The number of nitrogens with zero attached hydrogens (tertiary/aromatic N) is 3. The van der Waals surface area contributed by atoms with Crippen LogP contribution in [-0.2, 0) is 16.1 Å². The van der Waals surface area contributed by atoms with Crippen LogP contribution in [0.3, 0.4) is 0 Å². The Labute approximate surface area is 123 Å². The van der Waals surface area contributed by atoms with Gasteiger partial charge in [-0.3, -0.25) is 24.5 Å². The fourth-order valence-electron chi connectivity index (χ4n) is 2.73. The van der Waals surface area contributed by atoms with Gasteiger partial charge in [0.25, 0.3) is 0 Å². The molecule has 1 aliphatic rings. The second kappa shape index (κ2) is 5.67. The van der Waals surface area contributed by atoms with E-state index in [1.54, 1.807) is 43.9 Å². The molecule has 1 atom stereocenters. The normalized spacial score (nSPS) is 19.6. The Morgan fingerprint density at radius 3 is 2.48 bits per heavy atom. The first-order chi connectivity index (χ1) is 9.96. The highest BCUT2D eigenvalue weighted by molar-refractivity contribution is 6.19. The number of rotatable bonds is 5. The molecular formula is C14H20N4O3. The van der Waals surface area contributed by atoms with Crippen molar-refractivity contribution < 1.29 is 14.4 Å². The number of nitrogens with one attached hydrogen (secondary N) is 1. The van der Waals surface area contributed by atoms with Gasteiger partial charge in [0, 0.05) is 12.4 Å². The summed E-state index contributed by atoms with van der Waals surface area (Å²) < 4.78 is 1.65. The minimum atomic E-state index is -1.15. The molecule has 4 amide bonds. The minimum Gasteiger partial charge on any atom is -0.277 e. The lowest BCUT2D eigenvalue weighted by atomic mass is 9.78. The maximum atomic E-state index is 12.7. The molecule has 0 radical (unpaired) electrons. The molecule has 7 heteroatoms. The summed E-state index contributed by atoms with van der Waals surface area (Å²) in [6.45, 7) is 5.73. The molecule has 0 saturated carbocycles. The zero-order valence-corrected chi connectivity index (χ0v) is 12.5. The summed E-state index contributed by atoms with van der Waals surface area (Å²) in [7, 11) is 0. The molecule has 1 saturated heterocycles. The zero-order chi connectivity index (χ0) is 15.6. The average Bonchev–Trinajstić information content (AvgIpc) is 2.92. The molecule has 1 fully saturated rings. The average molecular weight is 292 g/mol. The highest BCUT2D eigenvalue weighted by atomic mass is 16.2. The van der Waals surface area contributed by atoms with Crippen molar-refractivity contribution in [1.29, 1.82) is 0 Å². The zero-order valence-electron chi connectivity index (χ0n) is 12.5. The Hall–Kier alpha value is -2.18. The number of carbonyl (C=O) groups is 3. The predicted molar refractivity (Wildman–Crippen MR) is 75.1 cm³/mol. The van der Waals surface area contributed by atoms with Crippen LogP contribution in [0, 0.1) is 5.41 Å². The fourth-order valence-corrected chi connectivity index (χ4v) is 2.73. The second-order valence-electron chi connectivity index (χ2n) is 5.30. The van der Waals surface area contributed by atoms with E-state index >= 15 is 0 Å². The highest BCUT2D eigenvalue weighted by Crippen LogP contribution is 2.33. The fraction of sp³-hybridized carbons (Fsp3) is 0.571. The van der Waals surface area contributed by atoms with Gasteiger partial charge in [-0.05, 0) is 25.8 Å². The van der Waals surface area contributed by atoms with E-state index in [0.29, 0.717) is 19.4 Å². The van der Waals surface area contributed by atoms with Gasteiger partial charge >= 0.3 is 6.03 Å². The Kier molecular flexibility index (Phi) is 4.11. The predicted octanol–water partition coefficient (Wildman–Crippen LogP) is 1.16. The molecule has 0 aromatic carbocycles. The minimum absolute atomic E-state index is 0.367. The maximum absolute atomic E-state index is 12.7. The number of imide groups is 2. The number of barbiturate groups is 1. The van der Waals surface area contributed by atoms with E-state index < -0.39 is 23.3 Å². The molecule has 0 spiro atoms. The van der Waals surface area contributed by atoms with Crippen LogP contribution in [0.15, 0.2) is 18.5 Å². The topological polar surface area (TPSA) is 84.3 Å². The van der Waals surface area contributed by atoms with E-state index in [0.717, 1.165) is 4.90 Å².